The number of aryl methyl sites for hydroxylation is 2. The first-order valence-electron chi connectivity index (χ1n) is 23.6. The van der Waals surface area contributed by atoms with Crippen LogP contribution in [0.25, 0.3) is 55.6 Å². The van der Waals surface area contributed by atoms with E-state index in [0.717, 1.165) is 6.42 Å². The first-order chi connectivity index (χ1) is 31.6. The molecule has 0 radical (unpaired) electrons. The van der Waals surface area contributed by atoms with E-state index < -0.39 is 5.41 Å². The highest BCUT2D eigenvalue weighted by molar-refractivity contribution is 5.97. The van der Waals surface area contributed by atoms with Gasteiger partial charge in [-0.1, -0.05) is 215 Å². The molecule has 0 fully saturated rings. The Bertz CT molecular complexity index is 3450. The van der Waals surface area contributed by atoms with Gasteiger partial charge in [0.2, 0.25) is 0 Å². The van der Waals surface area contributed by atoms with E-state index in [-0.39, 0.29) is 16.7 Å². The summed E-state index contributed by atoms with van der Waals surface area (Å²) in [7, 11) is 0. The molecule has 0 N–H and O–H groups in total. The van der Waals surface area contributed by atoms with E-state index in [1.54, 1.807) is 0 Å². The van der Waals surface area contributed by atoms with Crippen molar-refractivity contribution in [1.82, 2.24) is 0 Å². The fraction of sp³-hybridized carbons (Fsp3) is 0.169. The number of hydrogen-bond acceptors (Lipinski definition) is 0. The summed E-state index contributed by atoms with van der Waals surface area (Å²) in [5, 5.41) is 0. The van der Waals surface area contributed by atoms with Gasteiger partial charge in [-0.25, -0.2) is 0 Å². The zero-order valence-corrected chi connectivity index (χ0v) is 38.2. The Morgan fingerprint density at radius 1 is 0.369 bits per heavy atom. The summed E-state index contributed by atoms with van der Waals surface area (Å²) in [5.74, 6) is 0.109. The van der Waals surface area contributed by atoms with Gasteiger partial charge in [0.15, 0.2) is 0 Å². The SMILES string of the molecule is Cc1cc(C)c2c(c1)-c1ccc(-c3ccccc3C(Cc3ccc4c(c3)C(C)(C)c3ccccc3-4)c3ccc4c(c3)C(C)(C)c3ccccc3-4)cc1C21c2ccccc2-c2ccccc21. The fourth-order valence-electron chi connectivity index (χ4n) is 13.4. The van der Waals surface area contributed by atoms with Crippen molar-refractivity contribution in [3.05, 3.63) is 260 Å². The second-order valence-electron chi connectivity index (χ2n) is 20.5. The highest BCUT2D eigenvalue weighted by Gasteiger charge is 2.52. The highest BCUT2D eigenvalue weighted by atomic mass is 14.5. The summed E-state index contributed by atoms with van der Waals surface area (Å²) >= 11 is 0. The third-order valence-electron chi connectivity index (χ3n) is 16.3. The summed E-state index contributed by atoms with van der Waals surface area (Å²) in [4.78, 5) is 0. The van der Waals surface area contributed by atoms with Crippen molar-refractivity contribution in [3.63, 3.8) is 0 Å². The van der Waals surface area contributed by atoms with E-state index in [9.17, 15) is 0 Å². The molecule has 9 aromatic rings. The minimum atomic E-state index is -0.407. The van der Waals surface area contributed by atoms with Crippen molar-refractivity contribution in [2.24, 2.45) is 0 Å². The first-order valence-corrected chi connectivity index (χ1v) is 23.6. The number of hydrogen-bond donors (Lipinski definition) is 0. The van der Waals surface area contributed by atoms with Crippen molar-refractivity contribution < 1.29 is 0 Å². The van der Waals surface area contributed by atoms with Crippen LogP contribution in [0.5, 0.6) is 0 Å². The van der Waals surface area contributed by atoms with Gasteiger partial charge >= 0.3 is 0 Å². The zero-order chi connectivity index (χ0) is 44.0. The van der Waals surface area contributed by atoms with Gasteiger partial charge in [-0.3, -0.25) is 0 Å². The third kappa shape index (κ3) is 5.14. The molecule has 0 bridgehead atoms. The molecule has 0 saturated heterocycles. The van der Waals surface area contributed by atoms with E-state index >= 15 is 0 Å². The molecule has 0 nitrogen and oxygen atoms in total. The van der Waals surface area contributed by atoms with Crippen molar-refractivity contribution >= 4 is 0 Å². The molecule has 0 aliphatic heterocycles. The van der Waals surface area contributed by atoms with Gasteiger partial charge in [-0.15, -0.1) is 0 Å². The zero-order valence-electron chi connectivity index (χ0n) is 38.2. The van der Waals surface area contributed by atoms with Crippen LogP contribution < -0.4 is 0 Å². The van der Waals surface area contributed by atoms with Crippen LogP contribution >= 0.6 is 0 Å². The summed E-state index contributed by atoms with van der Waals surface area (Å²) in [6.07, 6.45) is 0.891. The maximum absolute atomic E-state index is 2.58. The largest absolute Gasteiger partial charge is 0.0728 e. The Morgan fingerprint density at radius 2 is 0.846 bits per heavy atom. The van der Waals surface area contributed by atoms with Gasteiger partial charge in [0, 0.05) is 16.7 Å². The van der Waals surface area contributed by atoms with Crippen LogP contribution in [0.15, 0.2) is 188 Å². The minimum Gasteiger partial charge on any atom is -0.0619 e. The average Bonchev–Trinajstić information content (AvgIpc) is 3.95. The van der Waals surface area contributed by atoms with E-state index in [1.807, 2.05) is 0 Å². The monoisotopic (exact) mass is 832 g/mol. The van der Waals surface area contributed by atoms with Crippen LogP contribution in [0.3, 0.4) is 0 Å². The Kier molecular flexibility index (Phi) is 7.99. The van der Waals surface area contributed by atoms with E-state index in [4.69, 9.17) is 0 Å². The van der Waals surface area contributed by atoms with Crippen LogP contribution in [0, 0.1) is 13.8 Å². The smallest absolute Gasteiger partial charge is 0.0619 e. The summed E-state index contributed by atoms with van der Waals surface area (Å²) in [6.45, 7) is 14.2. The molecular formula is C65H52. The molecule has 312 valence electrons. The van der Waals surface area contributed by atoms with Gasteiger partial charge in [-0.2, -0.15) is 0 Å². The van der Waals surface area contributed by atoms with Crippen molar-refractivity contribution in [2.45, 2.75) is 70.1 Å². The molecule has 4 aliphatic carbocycles. The highest BCUT2D eigenvalue weighted by Crippen LogP contribution is 2.64. The lowest BCUT2D eigenvalue weighted by molar-refractivity contribution is 0.655. The maximum atomic E-state index is 2.58. The predicted octanol–water partition coefficient (Wildman–Crippen LogP) is 16.3. The minimum absolute atomic E-state index is 0.0645. The lowest BCUT2D eigenvalue weighted by Crippen LogP contribution is -2.27. The summed E-state index contributed by atoms with van der Waals surface area (Å²) in [5.41, 5.74) is 30.9. The number of rotatable bonds is 5. The molecule has 0 saturated carbocycles. The Hall–Kier alpha value is -7.02. The number of fused-ring (bicyclic) bond motifs is 16. The van der Waals surface area contributed by atoms with Crippen molar-refractivity contribution in [3.8, 4) is 55.6 Å². The van der Waals surface area contributed by atoms with Crippen LogP contribution in [0.2, 0.25) is 0 Å². The van der Waals surface area contributed by atoms with Crippen molar-refractivity contribution in [2.75, 3.05) is 0 Å². The second kappa shape index (κ2) is 13.5. The average molecular weight is 833 g/mol. The molecule has 0 amide bonds. The summed E-state index contributed by atoms with van der Waals surface area (Å²) in [6, 6.07) is 72.8. The van der Waals surface area contributed by atoms with Crippen molar-refractivity contribution in [1.29, 1.82) is 0 Å². The Balaban J connectivity index is 1.02. The predicted molar refractivity (Wildman–Crippen MR) is 271 cm³/mol. The van der Waals surface area contributed by atoms with E-state index in [2.05, 4.69) is 230 Å². The van der Waals surface area contributed by atoms with E-state index in [0.29, 0.717) is 0 Å². The molecular weight excluding hydrogens is 781 g/mol. The molecule has 13 rings (SSSR count). The summed E-state index contributed by atoms with van der Waals surface area (Å²) < 4.78 is 0. The quantitative estimate of drug-likeness (QED) is 0.162. The first kappa shape index (κ1) is 38.4. The lowest BCUT2D eigenvalue weighted by atomic mass is 9.69. The fourth-order valence-corrected chi connectivity index (χ4v) is 13.4. The van der Waals surface area contributed by atoms with Crippen LogP contribution in [0.1, 0.15) is 106 Å². The normalized spacial score (nSPS) is 15.9. The molecule has 1 unspecified atom stereocenters. The van der Waals surface area contributed by atoms with Gasteiger partial charge < -0.3 is 0 Å². The molecule has 1 atom stereocenters. The van der Waals surface area contributed by atoms with Gasteiger partial charge in [-0.05, 0) is 149 Å². The Morgan fingerprint density at radius 3 is 1.48 bits per heavy atom. The topological polar surface area (TPSA) is 0 Å². The molecule has 9 aromatic carbocycles. The van der Waals surface area contributed by atoms with Gasteiger partial charge in [0.05, 0.1) is 5.41 Å². The van der Waals surface area contributed by atoms with Crippen LogP contribution in [-0.4, -0.2) is 0 Å². The molecule has 0 heterocycles. The molecule has 4 aliphatic rings. The molecule has 0 aromatic heterocycles. The van der Waals surface area contributed by atoms with E-state index in [1.165, 1.54) is 128 Å². The third-order valence-corrected chi connectivity index (χ3v) is 16.3. The number of benzene rings is 9. The molecule has 0 heteroatoms. The van der Waals surface area contributed by atoms with Gasteiger partial charge in [0.25, 0.3) is 0 Å². The van der Waals surface area contributed by atoms with Crippen LogP contribution in [-0.2, 0) is 22.7 Å². The second-order valence-corrected chi connectivity index (χ2v) is 20.5. The lowest BCUT2D eigenvalue weighted by Gasteiger charge is -2.32. The van der Waals surface area contributed by atoms with Crippen LogP contribution in [0.4, 0.5) is 0 Å². The molecule has 1 spiro atoms. The van der Waals surface area contributed by atoms with Gasteiger partial charge in [0.1, 0.15) is 0 Å². The molecule has 65 heavy (non-hydrogen) atoms. The standard InChI is InChI=1S/C65H52/c1-39-33-40(2)62-54(34-39)52-32-28-42(38-61(52)65(62)57-25-15-11-21-48(57)49-22-12-16-26-58(49)65)44-17-7-8-18-45(44)53(43-29-31-51-47-20-10-14-24-56(47)64(5,6)60(51)37-43)35-41-27-30-50-46-19-9-13-23-55(46)63(3,4)59(50)36-41/h7-34,36-38,53H,35H2,1-6H3. The maximum Gasteiger partial charge on any atom is 0.0728 e. The Labute approximate surface area is 384 Å².